The third-order valence-electron chi connectivity index (χ3n) is 2.76. The summed E-state index contributed by atoms with van der Waals surface area (Å²) in [7, 11) is 0. The number of hydrogen-bond acceptors (Lipinski definition) is 3. The van der Waals surface area contributed by atoms with Crippen LogP contribution in [0.25, 0.3) is 0 Å². The molecule has 0 aromatic heterocycles. The van der Waals surface area contributed by atoms with Gasteiger partial charge in [-0.3, -0.25) is 9.59 Å². The van der Waals surface area contributed by atoms with Gasteiger partial charge in [0.1, 0.15) is 0 Å². The average Bonchev–Trinajstić information content (AvgIpc) is 2.27. The minimum atomic E-state index is -0.0223. The molecule has 1 aliphatic heterocycles. The summed E-state index contributed by atoms with van der Waals surface area (Å²) in [6.07, 6.45) is 1.92. The Morgan fingerprint density at radius 3 is 2.72 bits per heavy atom. The van der Waals surface area contributed by atoms with E-state index in [2.05, 4.69) is 11.9 Å². The van der Waals surface area contributed by atoms with Crippen molar-refractivity contribution in [2.24, 2.45) is 0 Å². The maximum Gasteiger partial charge on any atom is 0.232 e. The molecule has 1 fully saturated rings. The van der Waals surface area contributed by atoms with Gasteiger partial charge < -0.3 is 10.2 Å². The molecule has 0 saturated carbocycles. The Kier molecular flexibility index (Phi) is 6.25. The zero-order valence-electron chi connectivity index (χ0n) is 11.2. The van der Waals surface area contributed by atoms with Crippen LogP contribution in [-0.4, -0.2) is 47.4 Å². The highest BCUT2D eigenvalue weighted by atomic mass is 32.2. The zero-order chi connectivity index (χ0) is 13.5. The maximum atomic E-state index is 12.0. The van der Waals surface area contributed by atoms with E-state index in [1.807, 2.05) is 11.8 Å². The molecule has 0 spiro atoms. The summed E-state index contributed by atoms with van der Waals surface area (Å²) in [5.41, 5.74) is 1.09. The van der Waals surface area contributed by atoms with Gasteiger partial charge in [-0.25, -0.2) is 0 Å². The number of nitrogens with one attached hydrogen (secondary N) is 1. The topological polar surface area (TPSA) is 49.4 Å². The van der Waals surface area contributed by atoms with Crippen LogP contribution in [0.1, 0.15) is 26.7 Å². The standard InChI is InChI=1S/C13H22N2O2S/c1-10(2)8-18-9-13(17)15-6-4-5-12(7-15)14-11(3)16/h12H,1,4-9H2,2-3H3,(H,14,16)/t12-/m1/s1. The van der Waals surface area contributed by atoms with E-state index < -0.39 is 0 Å². The van der Waals surface area contributed by atoms with E-state index in [1.165, 1.54) is 6.92 Å². The summed E-state index contributed by atoms with van der Waals surface area (Å²) >= 11 is 1.60. The lowest BCUT2D eigenvalue weighted by molar-refractivity contribution is -0.130. The minimum absolute atomic E-state index is 0.0223. The number of hydrogen-bond donors (Lipinski definition) is 1. The minimum Gasteiger partial charge on any atom is -0.352 e. The Morgan fingerprint density at radius 2 is 2.11 bits per heavy atom. The molecule has 1 atom stereocenters. The Labute approximate surface area is 113 Å². The third kappa shape index (κ3) is 5.58. The van der Waals surface area contributed by atoms with Gasteiger partial charge in [-0.05, 0) is 19.8 Å². The largest absolute Gasteiger partial charge is 0.352 e. The zero-order valence-corrected chi connectivity index (χ0v) is 12.0. The number of piperidine rings is 1. The molecule has 0 aliphatic carbocycles. The van der Waals surface area contributed by atoms with Crippen molar-refractivity contribution in [1.82, 2.24) is 10.2 Å². The summed E-state index contributed by atoms with van der Waals surface area (Å²) in [6.45, 7) is 8.75. The monoisotopic (exact) mass is 270 g/mol. The van der Waals surface area contributed by atoms with E-state index in [4.69, 9.17) is 0 Å². The van der Waals surface area contributed by atoms with Crippen molar-refractivity contribution in [1.29, 1.82) is 0 Å². The molecule has 0 aromatic rings. The van der Waals surface area contributed by atoms with Crippen LogP contribution >= 0.6 is 11.8 Å². The average molecular weight is 270 g/mol. The second-order valence-electron chi connectivity index (χ2n) is 4.83. The molecular formula is C13H22N2O2S. The molecule has 1 rings (SSSR count). The van der Waals surface area contributed by atoms with Crippen LogP contribution < -0.4 is 5.32 Å². The molecule has 0 radical (unpaired) electrons. The predicted octanol–water partition coefficient (Wildman–Crippen LogP) is 1.42. The summed E-state index contributed by atoms with van der Waals surface area (Å²) in [4.78, 5) is 24.8. The summed E-state index contributed by atoms with van der Waals surface area (Å²) in [6, 6.07) is 0.117. The number of carbonyl (C=O) groups is 2. The number of amides is 2. The van der Waals surface area contributed by atoms with E-state index in [-0.39, 0.29) is 17.9 Å². The highest BCUT2D eigenvalue weighted by Crippen LogP contribution is 2.13. The van der Waals surface area contributed by atoms with Crippen molar-refractivity contribution >= 4 is 23.6 Å². The van der Waals surface area contributed by atoms with Crippen LogP contribution in [0.15, 0.2) is 12.2 Å². The number of thioether (sulfide) groups is 1. The lowest BCUT2D eigenvalue weighted by atomic mass is 10.1. The van der Waals surface area contributed by atoms with Crippen molar-refractivity contribution in [3.63, 3.8) is 0 Å². The quantitative estimate of drug-likeness (QED) is 0.769. The molecular weight excluding hydrogens is 248 g/mol. The number of nitrogens with zero attached hydrogens (tertiary/aromatic N) is 1. The van der Waals surface area contributed by atoms with Gasteiger partial charge in [-0.2, -0.15) is 0 Å². The normalized spacial score (nSPS) is 19.4. The van der Waals surface area contributed by atoms with Crippen LogP contribution in [0.3, 0.4) is 0 Å². The first-order valence-corrected chi connectivity index (χ1v) is 7.41. The van der Waals surface area contributed by atoms with E-state index in [9.17, 15) is 9.59 Å². The smallest absolute Gasteiger partial charge is 0.232 e. The number of likely N-dealkylation sites (tertiary alicyclic amines) is 1. The molecule has 18 heavy (non-hydrogen) atoms. The SMILES string of the molecule is C=C(C)CSCC(=O)N1CCC[C@@H](NC(C)=O)C1. The summed E-state index contributed by atoms with van der Waals surface area (Å²) in [5, 5.41) is 2.89. The third-order valence-corrected chi connectivity index (χ3v) is 3.90. The molecule has 1 N–H and O–H groups in total. The Bertz CT molecular complexity index is 331. The lowest BCUT2D eigenvalue weighted by Crippen LogP contribution is -2.49. The van der Waals surface area contributed by atoms with Gasteiger partial charge in [-0.15, -0.1) is 11.8 Å². The van der Waals surface area contributed by atoms with E-state index >= 15 is 0 Å². The fourth-order valence-corrected chi connectivity index (χ4v) is 2.82. The maximum absolute atomic E-state index is 12.0. The molecule has 1 heterocycles. The Hall–Kier alpha value is -0.970. The fourth-order valence-electron chi connectivity index (χ4n) is 2.01. The molecule has 5 heteroatoms. The molecule has 1 saturated heterocycles. The van der Waals surface area contributed by atoms with Gasteiger partial charge in [0.2, 0.25) is 11.8 Å². The van der Waals surface area contributed by atoms with E-state index in [0.717, 1.165) is 30.7 Å². The van der Waals surface area contributed by atoms with Crippen molar-refractivity contribution in [2.45, 2.75) is 32.7 Å². The van der Waals surface area contributed by atoms with Gasteiger partial charge in [-0.1, -0.05) is 12.2 Å². The van der Waals surface area contributed by atoms with Crippen molar-refractivity contribution in [3.8, 4) is 0 Å². The van der Waals surface area contributed by atoms with E-state index in [0.29, 0.717) is 12.3 Å². The second-order valence-corrected chi connectivity index (χ2v) is 5.81. The van der Waals surface area contributed by atoms with Crippen LogP contribution in [0, 0.1) is 0 Å². The van der Waals surface area contributed by atoms with Gasteiger partial charge in [0.05, 0.1) is 5.75 Å². The highest BCUT2D eigenvalue weighted by molar-refractivity contribution is 8.00. The van der Waals surface area contributed by atoms with Crippen molar-refractivity contribution in [3.05, 3.63) is 12.2 Å². The number of rotatable bonds is 5. The molecule has 4 nitrogen and oxygen atoms in total. The molecule has 102 valence electrons. The van der Waals surface area contributed by atoms with Gasteiger partial charge in [0.15, 0.2) is 0 Å². The Morgan fingerprint density at radius 1 is 1.39 bits per heavy atom. The molecule has 0 bridgehead atoms. The van der Waals surface area contributed by atoms with Gasteiger partial charge in [0.25, 0.3) is 0 Å². The van der Waals surface area contributed by atoms with Gasteiger partial charge in [0, 0.05) is 31.8 Å². The number of carbonyl (C=O) groups excluding carboxylic acids is 2. The van der Waals surface area contributed by atoms with E-state index in [1.54, 1.807) is 11.8 Å². The molecule has 0 unspecified atom stereocenters. The second kappa shape index (κ2) is 7.46. The van der Waals surface area contributed by atoms with Crippen LogP contribution in [-0.2, 0) is 9.59 Å². The van der Waals surface area contributed by atoms with Crippen LogP contribution in [0.5, 0.6) is 0 Å². The molecule has 0 aromatic carbocycles. The lowest BCUT2D eigenvalue weighted by Gasteiger charge is -2.33. The first-order chi connectivity index (χ1) is 8.49. The fraction of sp³-hybridized carbons (Fsp3) is 0.692. The van der Waals surface area contributed by atoms with Crippen LogP contribution in [0.2, 0.25) is 0 Å². The van der Waals surface area contributed by atoms with Crippen molar-refractivity contribution < 1.29 is 9.59 Å². The Balaban J connectivity index is 2.33. The highest BCUT2D eigenvalue weighted by Gasteiger charge is 2.23. The molecule has 1 aliphatic rings. The van der Waals surface area contributed by atoms with Crippen LogP contribution in [0.4, 0.5) is 0 Å². The first kappa shape index (κ1) is 15.1. The van der Waals surface area contributed by atoms with Crippen molar-refractivity contribution in [2.75, 3.05) is 24.6 Å². The molecule has 2 amide bonds. The summed E-state index contributed by atoms with van der Waals surface area (Å²) < 4.78 is 0. The predicted molar refractivity (Wildman–Crippen MR) is 75.6 cm³/mol. The van der Waals surface area contributed by atoms with Gasteiger partial charge >= 0.3 is 0 Å². The summed E-state index contributed by atoms with van der Waals surface area (Å²) in [5.74, 6) is 1.47. The first-order valence-electron chi connectivity index (χ1n) is 6.26.